The summed E-state index contributed by atoms with van der Waals surface area (Å²) in [6.07, 6.45) is 4.71. The van der Waals surface area contributed by atoms with E-state index in [9.17, 15) is 22.0 Å². The Hall–Kier alpha value is -2.76. The minimum Gasteiger partial charge on any atom is -0.435 e. The number of benzene rings is 1. The van der Waals surface area contributed by atoms with Gasteiger partial charge in [0.1, 0.15) is 17.7 Å². The summed E-state index contributed by atoms with van der Waals surface area (Å²) < 4.78 is 53.4. The molecule has 12 heteroatoms. The third-order valence-corrected chi connectivity index (χ3v) is 6.46. The molecule has 3 heterocycles. The number of hydrazine groups is 1. The van der Waals surface area contributed by atoms with Crippen LogP contribution in [0.3, 0.4) is 0 Å². The van der Waals surface area contributed by atoms with Gasteiger partial charge in [-0.1, -0.05) is 11.6 Å². The fourth-order valence-electron chi connectivity index (χ4n) is 3.40. The number of alkyl halides is 2. The number of ether oxygens (including phenoxy) is 1. The molecule has 2 aromatic rings. The molecule has 31 heavy (non-hydrogen) atoms. The highest BCUT2D eigenvalue weighted by Crippen LogP contribution is 2.33. The van der Waals surface area contributed by atoms with Gasteiger partial charge in [-0.25, -0.2) is 13.8 Å². The van der Waals surface area contributed by atoms with Crippen LogP contribution in [0.2, 0.25) is 5.02 Å². The molecule has 1 fully saturated rings. The monoisotopic (exact) mass is 470 g/mol. The first kappa shape index (κ1) is 21.5. The number of hydrogen-bond acceptors (Lipinski definition) is 7. The minimum absolute atomic E-state index is 0.0863. The van der Waals surface area contributed by atoms with Gasteiger partial charge in [-0.2, -0.15) is 8.78 Å². The summed E-state index contributed by atoms with van der Waals surface area (Å²) >= 11 is 6.09. The van der Waals surface area contributed by atoms with Crippen molar-refractivity contribution in [3.8, 4) is 5.75 Å². The van der Waals surface area contributed by atoms with Crippen molar-refractivity contribution in [2.75, 3.05) is 23.2 Å². The lowest BCUT2D eigenvalue weighted by Gasteiger charge is -2.25. The number of rotatable bonds is 5. The van der Waals surface area contributed by atoms with Crippen LogP contribution >= 0.6 is 11.6 Å². The number of carbonyl (C=O) groups is 1. The average molecular weight is 471 g/mol. The highest BCUT2D eigenvalue weighted by atomic mass is 35.5. The van der Waals surface area contributed by atoms with Crippen LogP contribution in [0.5, 0.6) is 5.75 Å². The predicted octanol–water partition coefficient (Wildman–Crippen LogP) is 2.29. The fourth-order valence-corrected chi connectivity index (χ4v) is 4.98. The molecule has 0 bridgehead atoms. The highest BCUT2D eigenvalue weighted by molar-refractivity contribution is 7.91. The zero-order valence-electron chi connectivity index (χ0n) is 15.9. The summed E-state index contributed by atoms with van der Waals surface area (Å²) in [7, 11) is -3.30. The molecule has 2 aliphatic rings. The molecule has 1 amide bonds. The van der Waals surface area contributed by atoms with Gasteiger partial charge in [-0.15, -0.1) is 0 Å². The van der Waals surface area contributed by atoms with Crippen LogP contribution in [0.1, 0.15) is 5.56 Å². The lowest BCUT2D eigenvalue weighted by Crippen LogP contribution is -2.47. The summed E-state index contributed by atoms with van der Waals surface area (Å²) in [6.45, 7) is -2.92. The number of hydrogen-bond donors (Lipinski definition) is 1. The van der Waals surface area contributed by atoms with Crippen LogP contribution in [0.15, 0.2) is 48.8 Å². The van der Waals surface area contributed by atoms with Gasteiger partial charge in [0.05, 0.1) is 23.3 Å². The molecule has 1 atom stereocenters. The van der Waals surface area contributed by atoms with Gasteiger partial charge in [0.25, 0.3) is 0 Å². The van der Waals surface area contributed by atoms with E-state index in [-0.39, 0.29) is 28.9 Å². The molecule has 164 valence electrons. The second kappa shape index (κ2) is 8.40. The fraction of sp³-hybridized carbons (Fsp3) is 0.263. The maximum absolute atomic E-state index is 12.9. The van der Waals surface area contributed by atoms with Crippen molar-refractivity contribution in [2.45, 2.75) is 12.7 Å². The Balaban J connectivity index is 1.70. The minimum atomic E-state index is -3.30. The van der Waals surface area contributed by atoms with Crippen LogP contribution < -0.4 is 15.2 Å². The van der Waals surface area contributed by atoms with E-state index >= 15 is 0 Å². The Bertz CT molecular complexity index is 1130. The third kappa shape index (κ3) is 4.78. The summed E-state index contributed by atoms with van der Waals surface area (Å²) in [5.74, 6) is -0.985. The van der Waals surface area contributed by atoms with Gasteiger partial charge >= 0.3 is 6.61 Å². The van der Waals surface area contributed by atoms with E-state index in [1.165, 1.54) is 17.0 Å². The van der Waals surface area contributed by atoms with Gasteiger partial charge < -0.3 is 9.64 Å². The molecule has 2 aliphatic heterocycles. The van der Waals surface area contributed by atoms with Crippen LogP contribution in [-0.4, -0.2) is 55.0 Å². The molecule has 1 aromatic carbocycles. The number of anilines is 1. The Morgan fingerprint density at radius 2 is 2.13 bits per heavy atom. The first-order chi connectivity index (χ1) is 14.7. The van der Waals surface area contributed by atoms with E-state index in [2.05, 4.69) is 15.1 Å². The van der Waals surface area contributed by atoms with E-state index in [1.807, 2.05) is 0 Å². The molecule has 0 spiro atoms. The molecule has 0 aliphatic carbocycles. The van der Waals surface area contributed by atoms with Crippen LogP contribution in [0, 0.1) is 0 Å². The van der Waals surface area contributed by atoms with E-state index in [4.69, 9.17) is 11.6 Å². The van der Waals surface area contributed by atoms with E-state index in [0.29, 0.717) is 16.9 Å². The number of amides is 1. The summed E-state index contributed by atoms with van der Waals surface area (Å²) in [5, 5.41) is 1.73. The zero-order chi connectivity index (χ0) is 22.2. The number of carbonyl (C=O) groups excluding carboxylic acids is 1. The maximum atomic E-state index is 12.9. The topological polar surface area (TPSA) is 91.8 Å². The maximum Gasteiger partial charge on any atom is 0.387 e. The van der Waals surface area contributed by atoms with Crippen molar-refractivity contribution in [1.29, 1.82) is 0 Å². The Morgan fingerprint density at radius 1 is 1.32 bits per heavy atom. The second-order valence-corrected chi connectivity index (χ2v) is 9.53. The van der Waals surface area contributed by atoms with Gasteiger partial charge in [-0.3, -0.25) is 14.8 Å². The molecule has 1 unspecified atom stereocenters. The lowest BCUT2D eigenvalue weighted by atomic mass is 10.1. The summed E-state index contributed by atoms with van der Waals surface area (Å²) in [5.41, 5.74) is 4.47. The Kier molecular flexibility index (Phi) is 5.82. The second-order valence-electron chi connectivity index (χ2n) is 6.94. The smallest absolute Gasteiger partial charge is 0.387 e. The molecule has 0 saturated carbocycles. The standard InChI is InChI=1S/C19H17ClF2N4O4S/c20-13-6-12(7-15(8-13)30-19(21)22)17-9-16(18(27)25-4-5-31(28,29)11-25)24-26(17)14-2-1-3-23-10-14/h1-3,6-10,16,19,24H,4-5,11H2. The lowest BCUT2D eigenvalue weighted by molar-refractivity contribution is -0.130. The van der Waals surface area contributed by atoms with Gasteiger partial charge in [0, 0.05) is 23.3 Å². The first-order valence-corrected chi connectivity index (χ1v) is 11.3. The molecule has 8 nitrogen and oxygen atoms in total. The normalized spacial score (nSPS) is 20.3. The molecule has 1 N–H and O–H groups in total. The van der Waals surface area contributed by atoms with Crippen LogP contribution in [0.4, 0.5) is 14.5 Å². The van der Waals surface area contributed by atoms with E-state index in [0.717, 1.165) is 0 Å². The van der Waals surface area contributed by atoms with Crippen molar-refractivity contribution >= 4 is 38.7 Å². The predicted molar refractivity (Wildman–Crippen MR) is 110 cm³/mol. The zero-order valence-corrected chi connectivity index (χ0v) is 17.5. The SMILES string of the molecule is O=C(C1C=C(c2cc(Cl)cc(OC(F)F)c2)N(c2cccnc2)N1)N1CCS(=O)(=O)C1. The van der Waals surface area contributed by atoms with Crippen molar-refractivity contribution in [3.05, 3.63) is 59.4 Å². The van der Waals surface area contributed by atoms with Gasteiger partial charge in [0.2, 0.25) is 5.91 Å². The van der Waals surface area contributed by atoms with Crippen molar-refractivity contribution in [3.63, 3.8) is 0 Å². The van der Waals surface area contributed by atoms with Crippen LogP contribution in [0.25, 0.3) is 5.70 Å². The molecule has 0 radical (unpaired) electrons. The Labute approximate surface area is 182 Å². The summed E-state index contributed by atoms with van der Waals surface area (Å²) in [6, 6.07) is 6.74. The van der Waals surface area contributed by atoms with Gasteiger partial charge in [-0.05, 0) is 36.4 Å². The van der Waals surface area contributed by atoms with E-state index < -0.39 is 28.4 Å². The van der Waals surface area contributed by atoms with Crippen molar-refractivity contribution < 1.29 is 26.7 Å². The largest absolute Gasteiger partial charge is 0.435 e. The Morgan fingerprint density at radius 3 is 2.77 bits per heavy atom. The molecule has 1 aromatic heterocycles. The number of nitrogens with zero attached hydrogens (tertiary/aromatic N) is 3. The molecular weight excluding hydrogens is 454 g/mol. The molecule has 1 saturated heterocycles. The third-order valence-electron chi connectivity index (χ3n) is 4.73. The quantitative estimate of drug-likeness (QED) is 0.716. The average Bonchev–Trinajstić information content (AvgIpc) is 3.31. The number of nitrogens with one attached hydrogen (secondary N) is 1. The molecular formula is C19H17ClF2N4O4S. The number of aromatic nitrogens is 1. The first-order valence-electron chi connectivity index (χ1n) is 9.15. The summed E-state index contributed by atoms with van der Waals surface area (Å²) in [4.78, 5) is 18.3. The van der Waals surface area contributed by atoms with Crippen LogP contribution in [-0.2, 0) is 14.6 Å². The number of pyridine rings is 1. The van der Waals surface area contributed by atoms with Gasteiger partial charge in [0.15, 0.2) is 9.84 Å². The highest BCUT2D eigenvalue weighted by Gasteiger charge is 2.37. The number of halogens is 3. The molecule has 4 rings (SSSR count). The van der Waals surface area contributed by atoms with Crippen molar-refractivity contribution in [1.82, 2.24) is 15.3 Å². The van der Waals surface area contributed by atoms with Crippen molar-refractivity contribution in [2.24, 2.45) is 0 Å². The van der Waals surface area contributed by atoms with E-state index in [1.54, 1.807) is 41.7 Å². The number of sulfone groups is 1.